The quantitative estimate of drug-likeness (QED) is 0.315. The summed E-state index contributed by atoms with van der Waals surface area (Å²) in [7, 11) is 0. The minimum atomic E-state index is -0.913. The van der Waals surface area contributed by atoms with Gasteiger partial charge in [0.2, 0.25) is 5.91 Å². The Kier molecular flexibility index (Phi) is 10.9. The van der Waals surface area contributed by atoms with Gasteiger partial charge < -0.3 is 10.5 Å². The minimum absolute atomic E-state index is 0.194. The van der Waals surface area contributed by atoms with E-state index in [1.165, 1.54) is 56.6 Å². The molecule has 0 aliphatic heterocycles. The van der Waals surface area contributed by atoms with Gasteiger partial charge in [-0.25, -0.2) is 8.78 Å². The molecule has 5 heteroatoms. The summed E-state index contributed by atoms with van der Waals surface area (Å²) in [4.78, 5) is 10.6. The second-order valence-corrected chi connectivity index (χ2v) is 7.82. The Balaban J connectivity index is 1.50. The maximum Gasteiger partial charge on any atom is 0.217 e. The van der Waals surface area contributed by atoms with E-state index >= 15 is 0 Å². The summed E-state index contributed by atoms with van der Waals surface area (Å²) < 4.78 is 31.8. The lowest BCUT2D eigenvalue weighted by molar-refractivity contribution is -0.118. The van der Waals surface area contributed by atoms with Crippen molar-refractivity contribution in [2.24, 2.45) is 5.73 Å². The lowest BCUT2D eigenvalue weighted by Crippen LogP contribution is -2.09. The Labute approximate surface area is 178 Å². The number of nitrogens with two attached hydrogens (primary N) is 1. The van der Waals surface area contributed by atoms with Crippen LogP contribution in [0.2, 0.25) is 0 Å². The number of ether oxygens (including phenoxy) is 1. The molecule has 0 unspecified atom stereocenters. The normalized spacial score (nSPS) is 10.9. The van der Waals surface area contributed by atoms with Crippen molar-refractivity contribution in [1.82, 2.24) is 0 Å². The molecule has 3 nitrogen and oxygen atoms in total. The van der Waals surface area contributed by atoms with Crippen LogP contribution in [-0.2, 0) is 11.2 Å². The molecule has 164 valence electrons. The van der Waals surface area contributed by atoms with Crippen LogP contribution < -0.4 is 10.5 Å². The van der Waals surface area contributed by atoms with E-state index in [0.717, 1.165) is 37.8 Å². The Morgan fingerprint density at radius 3 is 1.80 bits per heavy atom. The number of rotatable bonds is 15. The van der Waals surface area contributed by atoms with Gasteiger partial charge in [-0.05, 0) is 49.1 Å². The fourth-order valence-corrected chi connectivity index (χ4v) is 3.44. The molecule has 0 saturated carbocycles. The first-order valence-electron chi connectivity index (χ1n) is 11.0. The second-order valence-electron chi connectivity index (χ2n) is 7.82. The van der Waals surface area contributed by atoms with Crippen LogP contribution in [-0.4, -0.2) is 5.91 Å². The van der Waals surface area contributed by atoms with E-state index < -0.39 is 11.6 Å². The molecule has 0 radical (unpaired) electrons. The number of carbonyl (C=O) groups excluding carboxylic acids is 1. The largest absolute Gasteiger partial charge is 0.457 e. The van der Waals surface area contributed by atoms with E-state index in [1.54, 1.807) is 0 Å². The molecule has 1 amide bonds. The van der Waals surface area contributed by atoms with Gasteiger partial charge in [0.15, 0.2) is 11.6 Å². The smallest absolute Gasteiger partial charge is 0.217 e. The van der Waals surface area contributed by atoms with Gasteiger partial charge in [-0.2, -0.15) is 0 Å². The van der Waals surface area contributed by atoms with Gasteiger partial charge in [0.1, 0.15) is 11.5 Å². The van der Waals surface area contributed by atoms with Crippen LogP contribution >= 0.6 is 0 Å². The van der Waals surface area contributed by atoms with E-state index in [1.807, 2.05) is 24.3 Å². The molecule has 0 aliphatic carbocycles. The number of aryl methyl sites for hydroxylation is 1. The number of unbranched alkanes of at least 4 members (excludes halogenated alkanes) is 9. The molecule has 2 N–H and O–H groups in total. The van der Waals surface area contributed by atoms with Gasteiger partial charge in [-0.3, -0.25) is 4.79 Å². The van der Waals surface area contributed by atoms with Gasteiger partial charge in [0.05, 0.1) is 0 Å². The van der Waals surface area contributed by atoms with Crippen molar-refractivity contribution in [3.05, 3.63) is 59.7 Å². The third-order valence-corrected chi connectivity index (χ3v) is 5.19. The molecule has 30 heavy (non-hydrogen) atoms. The zero-order chi connectivity index (χ0) is 21.6. The Bertz CT molecular complexity index is 762. The van der Waals surface area contributed by atoms with Crippen LogP contribution in [0.5, 0.6) is 11.5 Å². The van der Waals surface area contributed by atoms with Crippen LogP contribution in [0.15, 0.2) is 42.5 Å². The highest BCUT2D eigenvalue weighted by Crippen LogP contribution is 2.24. The van der Waals surface area contributed by atoms with E-state index in [4.69, 9.17) is 10.5 Å². The van der Waals surface area contributed by atoms with Gasteiger partial charge in [0, 0.05) is 12.5 Å². The summed E-state index contributed by atoms with van der Waals surface area (Å²) in [5.74, 6) is -1.09. The van der Waals surface area contributed by atoms with E-state index in [0.29, 0.717) is 12.2 Å². The molecule has 0 bridgehead atoms. The van der Waals surface area contributed by atoms with Crippen molar-refractivity contribution in [2.75, 3.05) is 0 Å². The van der Waals surface area contributed by atoms with Gasteiger partial charge in [-0.1, -0.05) is 63.5 Å². The summed E-state index contributed by atoms with van der Waals surface area (Å²) in [6.45, 7) is 0. The molecular formula is C25H33F2NO2. The predicted molar refractivity (Wildman–Crippen MR) is 117 cm³/mol. The number of benzene rings is 2. The maximum absolute atomic E-state index is 13.2. The Morgan fingerprint density at radius 2 is 1.23 bits per heavy atom. The van der Waals surface area contributed by atoms with Crippen LogP contribution in [0.1, 0.15) is 76.2 Å². The second kappa shape index (κ2) is 13.7. The summed E-state index contributed by atoms with van der Waals surface area (Å²) in [5, 5.41) is 0. The number of hydrogen-bond donors (Lipinski definition) is 1. The molecule has 2 aromatic carbocycles. The van der Waals surface area contributed by atoms with Crippen molar-refractivity contribution < 1.29 is 18.3 Å². The average molecular weight is 418 g/mol. The maximum atomic E-state index is 13.2. The van der Waals surface area contributed by atoms with Crippen LogP contribution in [0.3, 0.4) is 0 Å². The predicted octanol–water partition coefficient (Wildman–Crippen LogP) is 7.08. The summed E-state index contributed by atoms with van der Waals surface area (Å²) in [5.41, 5.74) is 6.38. The van der Waals surface area contributed by atoms with Crippen molar-refractivity contribution in [3.8, 4) is 11.5 Å². The molecule has 0 spiro atoms. The van der Waals surface area contributed by atoms with Gasteiger partial charge >= 0.3 is 0 Å². The van der Waals surface area contributed by atoms with E-state index in [9.17, 15) is 13.6 Å². The van der Waals surface area contributed by atoms with E-state index in [2.05, 4.69) is 0 Å². The SMILES string of the molecule is NC(=O)CCCCCCCCCCCCc1ccc(Oc2ccc(F)c(F)c2)cc1. The topological polar surface area (TPSA) is 52.3 Å². The van der Waals surface area contributed by atoms with Crippen LogP contribution in [0, 0.1) is 11.6 Å². The summed E-state index contributed by atoms with van der Waals surface area (Å²) >= 11 is 0. The number of amides is 1. The lowest BCUT2D eigenvalue weighted by Gasteiger charge is -2.07. The first kappa shape index (κ1) is 23.8. The first-order chi connectivity index (χ1) is 14.5. The van der Waals surface area contributed by atoms with Crippen molar-refractivity contribution in [1.29, 1.82) is 0 Å². The molecule has 0 atom stereocenters. The van der Waals surface area contributed by atoms with Crippen LogP contribution in [0.4, 0.5) is 8.78 Å². The lowest BCUT2D eigenvalue weighted by atomic mass is 10.0. The fourth-order valence-electron chi connectivity index (χ4n) is 3.44. The molecule has 2 rings (SSSR count). The Hall–Kier alpha value is -2.43. The van der Waals surface area contributed by atoms with E-state index in [-0.39, 0.29) is 11.7 Å². The zero-order valence-electron chi connectivity index (χ0n) is 17.7. The Morgan fingerprint density at radius 1 is 0.700 bits per heavy atom. The number of hydrogen-bond acceptors (Lipinski definition) is 2. The standard InChI is InChI=1S/C25H33F2NO2/c26-23-18-17-22(19-24(23)27)30-21-15-13-20(14-16-21)11-9-7-5-3-1-2-4-6-8-10-12-25(28)29/h13-19H,1-12H2,(H2,28,29). The molecular weight excluding hydrogens is 384 g/mol. The number of carbonyl (C=O) groups is 1. The summed E-state index contributed by atoms with van der Waals surface area (Å²) in [6.07, 6.45) is 13.5. The number of halogens is 2. The molecule has 0 saturated heterocycles. The average Bonchev–Trinajstić information content (AvgIpc) is 2.72. The monoisotopic (exact) mass is 417 g/mol. The molecule has 2 aromatic rings. The molecule has 0 fully saturated rings. The highest BCUT2D eigenvalue weighted by Gasteiger charge is 2.04. The minimum Gasteiger partial charge on any atom is -0.457 e. The molecule has 0 heterocycles. The third-order valence-electron chi connectivity index (χ3n) is 5.19. The van der Waals surface area contributed by atoms with Crippen molar-refractivity contribution in [3.63, 3.8) is 0 Å². The first-order valence-corrected chi connectivity index (χ1v) is 11.0. The molecule has 0 aromatic heterocycles. The van der Waals surface area contributed by atoms with Gasteiger partial charge in [-0.15, -0.1) is 0 Å². The zero-order valence-corrected chi connectivity index (χ0v) is 17.7. The highest BCUT2D eigenvalue weighted by atomic mass is 19.2. The number of primary amides is 1. The van der Waals surface area contributed by atoms with Crippen molar-refractivity contribution in [2.45, 2.75) is 77.0 Å². The molecule has 0 aliphatic rings. The van der Waals surface area contributed by atoms with Crippen molar-refractivity contribution >= 4 is 5.91 Å². The van der Waals surface area contributed by atoms with Crippen LogP contribution in [0.25, 0.3) is 0 Å². The highest BCUT2D eigenvalue weighted by molar-refractivity contribution is 5.73. The fraction of sp³-hybridized carbons (Fsp3) is 0.480. The summed E-state index contributed by atoms with van der Waals surface area (Å²) in [6, 6.07) is 11.3. The van der Waals surface area contributed by atoms with Gasteiger partial charge in [0.25, 0.3) is 0 Å². The third kappa shape index (κ3) is 9.86.